The SMILES string of the molecule is Cc1cc(C)nc(NS(=O)(=O)c2ccc(Cl)nc2)n1. The fraction of sp³-hybridized carbons (Fsp3) is 0.182. The number of hydrogen-bond acceptors (Lipinski definition) is 5. The molecule has 0 aromatic carbocycles. The second-order valence-corrected chi connectivity index (χ2v) is 5.97. The summed E-state index contributed by atoms with van der Waals surface area (Å²) in [5, 5.41) is 0.224. The molecule has 100 valence electrons. The predicted molar refractivity (Wildman–Crippen MR) is 71.6 cm³/mol. The maximum absolute atomic E-state index is 12.1. The summed E-state index contributed by atoms with van der Waals surface area (Å²) in [7, 11) is -3.76. The molecule has 0 unspecified atom stereocenters. The lowest BCUT2D eigenvalue weighted by atomic mass is 10.4. The highest BCUT2D eigenvalue weighted by molar-refractivity contribution is 7.92. The van der Waals surface area contributed by atoms with Crippen LogP contribution in [0.4, 0.5) is 5.95 Å². The Hall–Kier alpha value is -1.73. The van der Waals surface area contributed by atoms with Gasteiger partial charge in [0.25, 0.3) is 10.0 Å². The van der Waals surface area contributed by atoms with Gasteiger partial charge in [0.15, 0.2) is 0 Å². The average Bonchev–Trinajstić information content (AvgIpc) is 2.27. The van der Waals surface area contributed by atoms with Gasteiger partial charge in [0, 0.05) is 17.6 Å². The monoisotopic (exact) mass is 298 g/mol. The van der Waals surface area contributed by atoms with Crippen molar-refractivity contribution >= 4 is 27.6 Å². The standard InChI is InChI=1S/C11H11ClN4O2S/c1-7-5-8(2)15-11(14-7)16-19(17,18)9-3-4-10(12)13-6-9/h3-6H,1-2H3,(H,14,15,16). The number of sulfonamides is 1. The van der Waals surface area contributed by atoms with E-state index in [4.69, 9.17) is 11.6 Å². The first-order valence-corrected chi connectivity index (χ1v) is 7.19. The lowest BCUT2D eigenvalue weighted by Gasteiger charge is -2.07. The van der Waals surface area contributed by atoms with E-state index < -0.39 is 10.0 Å². The van der Waals surface area contributed by atoms with Gasteiger partial charge in [-0.25, -0.2) is 28.1 Å². The molecule has 0 aliphatic heterocycles. The van der Waals surface area contributed by atoms with Crippen molar-refractivity contribution in [3.05, 3.63) is 40.9 Å². The number of hydrogen-bond donors (Lipinski definition) is 1. The summed E-state index contributed by atoms with van der Waals surface area (Å²) >= 11 is 5.61. The zero-order valence-corrected chi connectivity index (χ0v) is 11.8. The zero-order valence-electron chi connectivity index (χ0n) is 10.3. The van der Waals surface area contributed by atoms with E-state index in [2.05, 4.69) is 19.7 Å². The van der Waals surface area contributed by atoms with Crippen LogP contribution in [-0.4, -0.2) is 23.4 Å². The number of halogens is 1. The summed E-state index contributed by atoms with van der Waals surface area (Å²) in [5.74, 6) is 0.0347. The average molecular weight is 299 g/mol. The van der Waals surface area contributed by atoms with Crippen molar-refractivity contribution < 1.29 is 8.42 Å². The molecule has 2 rings (SSSR count). The Kier molecular flexibility index (Phi) is 3.68. The van der Waals surface area contributed by atoms with Crippen LogP contribution in [0.3, 0.4) is 0 Å². The first-order valence-electron chi connectivity index (χ1n) is 5.33. The third kappa shape index (κ3) is 3.39. The van der Waals surface area contributed by atoms with Gasteiger partial charge >= 0.3 is 0 Å². The second kappa shape index (κ2) is 5.10. The van der Waals surface area contributed by atoms with E-state index in [0.717, 1.165) is 0 Å². The maximum Gasteiger partial charge on any atom is 0.265 e. The van der Waals surface area contributed by atoms with Crippen LogP contribution in [0.1, 0.15) is 11.4 Å². The van der Waals surface area contributed by atoms with Gasteiger partial charge in [-0.15, -0.1) is 0 Å². The molecule has 0 radical (unpaired) electrons. The van der Waals surface area contributed by atoms with Crippen LogP contribution in [0.15, 0.2) is 29.3 Å². The van der Waals surface area contributed by atoms with E-state index in [1.165, 1.54) is 18.3 Å². The summed E-state index contributed by atoms with van der Waals surface area (Å²) in [6.07, 6.45) is 1.17. The van der Waals surface area contributed by atoms with E-state index in [-0.39, 0.29) is 16.0 Å². The molecule has 0 saturated carbocycles. The summed E-state index contributed by atoms with van der Waals surface area (Å²) in [4.78, 5) is 11.8. The molecule has 19 heavy (non-hydrogen) atoms. The van der Waals surface area contributed by atoms with Gasteiger partial charge in [0.1, 0.15) is 10.0 Å². The minimum atomic E-state index is -3.76. The largest absolute Gasteiger partial charge is 0.265 e. The molecule has 2 aromatic heterocycles. The van der Waals surface area contributed by atoms with E-state index >= 15 is 0 Å². The van der Waals surface area contributed by atoms with Crippen molar-refractivity contribution in [3.8, 4) is 0 Å². The van der Waals surface area contributed by atoms with E-state index in [1.54, 1.807) is 19.9 Å². The van der Waals surface area contributed by atoms with Gasteiger partial charge in [-0.3, -0.25) is 0 Å². The molecular weight excluding hydrogens is 288 g/mol. The minimum Gasteiger partial charge on any atom is -0.247 e. The number of nitrogens with one attached hydrogen (secondary N) is 1. The highest BCUT2D eigenvalue weighted by Gasteiger charge is 2.16. The van der Waals surface area contributed by atoms with Crippen molar-refractivity contribution in [2.45, 2.75) is 18.7 Å². The predicted octanol–water partition coefficient (Wildman–Crippen LogP) is 1.94. The molecule has 2 aromatic rings. The second-order valence-electron chi connectivity index (χ2n) is 3.90. The van der Waals surface area contributed by atoms with Gasteiger partial charge in [-0.2, -0.15) is 0 Å². The van der Waals surface area contributed by atoms with Crippen molar-refractivity contribution in [1.29, 1.82) is 0 Å². The van der Waals surface area contributed by atoms with Crippen LogP contribution >= 0.6 is 11.6 Å². The Morgan fingerprint density at radius 2 is 1.79 bits per heavy atom. The number of anilines is 1. The number of pyridine rings is 1. The third-order valence-electron chi connectivity index (χ3n) is 2.22. The topological polar surface area (TPSA) is 84.8 Å². The smallest absolute Gasteiger partial charge is 0.247 e. The molecule has 0 aliphatic carbocycles. The Labute approximate surface area is 115 Å². The van der Waals surface area contributed by atoms with Crippen LogP contribution in [0.25, 0.3) is 0 Å². The first kappa shape index (κ1) is 13.7. The summed E-state index contributed by atoms with van der Waals surface area (Å²) in [6, 6.07) is 4.51. The van der Waals surface area contributed by atoms with Crippen molar-refractivity contribution in [2.24, 2.45) is 0 Å². The van der Waals surface area contributed by atoms with Gasteiger partial charge in [-0.05, 0) is 32.0 Å². The molecule has 0 fully saturated rings. The first-order chi connectivity index (χ1) is 8.87. The van der Waals surface area contributed by atoms with E-state index in [0.29, 0.717) is 11.4 Å². The lowest BCUT2D eigenvalue weighted by molar-refractivity contribution is 0.600. The molecule has 0 spiro atoms. The van der Waals surface area contributed by atoms with Crippen LogP contribution in [-0.2, 0) is 10.0 Å². The molecule has 6 nitrogen and oxygen atoms in total. The van der Waals surface area contributed by atoms with E-state index in [9.17, 15) is 8.42 Å². The molecule has 0 atom stereocenters. The van der Waals surface area contributed by atoms with Crippen LogP contribution in [0.5, 0.6) is 0 Å². The molecule has 8 heteroatoms. The molecule has 0 bridgehead atoms. The molecule has 1 N–H and O–H groups in total. The van der Waals surface area contributed by atoms with Gasteiger partial charge in [-0.1, -0.05) is 11.6 Å². The third-order valence-corrected chi connectivity index (χ3v) is 3.76. The van der Waals surface area contributed by atoms with Gasteiger partial charge < -0.3 is 0 Å². The minimum absolute atomic E-state index is 0.000316. The quantitative estimate of drug-likeness (QED) is 0.875. The fourth-order valence-electron chi connectivity index (χ4n) is 1.47. The van der Waals surface area contributed by atoms with Gasteiger partial charge in [0.05, 0.1) is 0 Å². The number of aromatic nitrogens is 3. The van der Waals surface area contributed by atoms with Crippen LogP contribution in [0.2, 0.25) is 5.15 Å². The number of rotatable bonds is 3. The molecular formula is C11H11ClN4O2S. The van der Waals surface area contributed by atoms with Crippen LogP contribution < -0.4 is 4.72 Å². The van der Waals surface area contributed by atoms with E-state index in [1.807, 2.05) is 0 Å². The van der Waals surface area contributed by atoms with Crippen molar-refractivity contribution in [3.63, 3.8) is 0 Å². The van der Waals surface area contributed by atoms with Crippen LogP contribution in [0, 0.1) is 13.8 Å². The Bertz CT molecular complexity index is 681. The molecule has 0 aliphatic rings. The Balaban J connectivity index is 2.33. The molecule has 2 heterocycles. The lowest BCUT2D eigenvalue weighted by Crippen LogP contribution is -2.15. The summed E-state index contributed by atoms with van der Waals surface area (Å²) in [6.45, 7) is 3.52. The van der Waals surface area contributed by atoms with Crippen molar-refractivity contribution in [1.82, 2.24) is 15.0 Å². The fourth-order valence-corrected chi connectivity index (χ4v) is 2.47. The van der Waals surface area contributed by atoms with Crippen molar-refractivity contribution in [2.75, 3.05) is 4.72 Å². The zero-order chi connectivity index (χ0) is 14.0. The maximum atomic E-state index is 12.1. The Morgan fingerprint density at radius 3 is 2.32 bits per heavy atom. The van der Waals surface area contributed by atoms with Gasteiger partial charge in [0.2, 0.25) is 5.95 Å². The number of aryl methyl sites for hydroxylation is 2. The highest BCUT2D eigenvalue weighted by atomic mass is 35.5. The Morgan fingerprint density at radius 1 is 1.16 bits per heavy atom. The normalized spacial score (nSPS) is 11.3. The summed E-state index contributed by atoms with van der Waals surface area (Å²) in [5.41, 5.74) is 1.36. The highest BCUT2D eigenvalue weighted by Crippen LogP contribution is 2.14. The molecule has 0 saturated heterocycles. The number of nitrogens with zero attached hydrogens (tertiary/aromatic N) is 3. The molecule has 0 amide bonds. The summed E-state index contributed by atoms with van der Waals surface area (Å²) < 4.78 is 26.4.